The van der Waals surface area contributed by atoms with Crippen LogP contribution in [0.25, 0.3) is 16.2 Å². The van der Waals surface area contributed by atoms with Crippen LogP contribution in [0.4, 0.5) is 10.9 Å². The van der Waals surface area contributed by atoms with Crippen molar-refractivity contribution in [3.05, 3.63) is 29.8 Å². The lowest BCUT2D eigenvalue weighted by Gasteiger charge is -2.12. The van der Waals surface area contributed by atoms with Gasteiger partial charge in [0.05, 0.1) is 0 Å². The van der Waals surface area contributed by atoms with Gasteiger partial charge in [0.1, 0.15) is 12.2 Å². The van der Waals surface area contributed by atoms with Crippen molar-refractivity contribution in [1.82, 2.24) is 14.6 Å². The molecule has 0 radical (unpaired) electrons. The molecule has 2 N–H and O–H groups in total. The van der Waals surface area contributed by atoms with Gasteiger partial charge in [0.15, 0.2) is 5.82 Å². The number of nitrogens with one attached hydrogen (secondary N) is 1. The van der Waals surface area contributed by atoms with E-state index in [1.54, 1.807) is 16.5 Å². The molecule has 150 valence electrons. The van der Waals surface area contributed by atoms with Crippen molar-refractivity contribution < 1.29 is 9.90 Å². The number of imidazole rings is 1. The summed E-state index contributed by atoms with van der Waals surface area (Å²) in [7, 11) is 1.73. The molecule has 1 aromatic carbocycles. The molecule has 0 unspecified atom stereocenters. The molecular weight excluding hydrogens is 374 g/mol. The first-order chi connectivity index (χ1) is 13.3. The van der Waals surface area contributed by atoms with Gasteiger partial charge < -0.3 is 15.3 Å². The van der Waals surface area contributed by atoms with Crippen LogP contribution in [0.5, 0.6) is 0 Å². The highest BCUT2D eigenvalue weighted by Gasteiger charge is 2.20. The van der Waals surface area contributed by atoms with E-state index in [-0.39, 0.29) is 6.54 Å². The first-order valence-corrected chi connectivity index (χ1v) is 10.3. The molecule has 28 heavy (non-hydrogen) atoms. The van der Waals surface area contributed by atoms with E-state index in [2.05, 4.69) is 55.5 Å². The lowest BCUT2D eigenvalue weighted by Crippen LogP contribution is -2.25. The molecule has 0 aliphatic heterocycles. The fraction of sp³-hybridized carbons (Fsp3) is 0.450. The number of aliphatic carboxylic acids is 1. The summed E-state index contributed by atoms with van der Waals surface area (Å²) >= 11 is 1.39. The van der Waals surface area contributed by atoms with Crippen LogP contribution in [0.1, 0.15) is 32.3 Å². The molecule has 0 aliphatic carbocycles. The van der Waals surface area contributed by atoms with Crippen LogP contribution in [0.3, 0.4) is 0 Å². The van der Waals surface area contributed by atoms with Crippen molar-refractivity contribution in [2.24, 2.45) is 5.92 Å². The second-order valence-electron chi connectivity index (χ2n) is 7.47. The van der Waals surface area contributed by atoms with E-state index in [0.717, 1.165) is 41.4 Å². The summed E-state index contributed by atoms with van der Waals surface area (Å²) in [5.74, 6) is 0.635. The number of carboxylic acid groups (broad SMARTS) is 1. The number of anilines is 2. The number of carboxylic acids is 1. The molecule has 3 aromatic rings. The molecule has 0 atom stereocenters. The van der Waals surface area contributed by atoms with Gasteiger partial charge in [-0.25, -0.2) is 4.98 Å². The topological polar surface area (TPSA) is 82.8 Å². The molecule has 8 heteroatoms. The Hall–Kier alpha value is -2.61. The van der Waals surface area contributed by atoms with Gasteiger partial charge >= 0.3 is 5.97 Å². The molecule has 2 heterocycles. The van der Waals surface area contributed by atoms with Crippen molar-refractivity contribution >= 4 is 33.2 Å². The quantitative estimate of drug-likeness (QED) is 0.525. The Bertz CT molecular complexity index is 946. The minimum atomic E-state index is -0.886. The second kappa shape index (κ2) is 8.60. The molecule has 0 saturated heterocycles. The molecular formula is C20H27N5O2S. The van der Waals surface area contributed by atoms with Crippen LogP contribution in [0.15, 0.2) is 24.3 Å². The minimum absolute atomic E-state index is 0.0986. The van der Waals surface area contributed by atoms with Crippen molar-refractivity contribution in [2.75, 3.05) is 30.4 Å². The normalized spacial score (nSPS) is 11.3. The zero-order chi connectivity index (χ0) is 20.3. The van der Waals surface area contributed by atoms with E-state index < -0.39 is 5.97 Å². The summed E-state index contributed by atoms with van der Waals surface area (Å²) in [6.07, 6.45) is 2.21. The Labute approximate surface area is 169 Å². The monoisotopic (exact) mass is 401 g/mol. The van der Waals surface area contributed by atoms with E-state index in [1.165, 1.54) is 16.9 Å². The number of hydrogen-bond donors (Lipinski definition) is 2. The van der Waals surface area contributed by atoms with Crippen LogP contribution in [0.2, 0.25) is 0 Å². The third-order valence-corrected chi connectivity index (χ3v) is 5.49. The molecule has 2 aromatic heterocycles. The highest BCUT2D eigenvalue weighted by Crippen LogP contribution is 2.33. The van der Waals surface area contributed by atoms with Gasteiger partial charge in [-0.05, 0) is 25.7 Å². The summed E-state index contributed by atoms with van der Waals surface area (Å²) < 4.78 is 1.79. The Balaban J connectivity index is 1.94. The van der Waals surface area contributed by atoms with E-state index in [0.29, 0.717) is 11.0 Å². The zero-order valence-corrected chi connectivity index (χ0v) is 17.6. The summed E-state index contributed by atoms with van der Waals surface area (Å²) in [4.78, 5) is 18.2. The number of hydrogen-bond acceptors (Lipinski definition) is 6. The van der Waals surface area contributed by atoms with Crippen molar-refractivity contribution in [3.8, 4) is 11.3 Å². The molecule has 3 rings (SSSR count). The summed E-state index contributed by atoms with van der Waals surface area (Å²) in [5, 5.41) is 17.8. The highest BCUT2D eigenvalue weighted by molar-refractivity contribution is 7.20. The standard InChI is InChI=1S/C20H27N5O2S/c1-13(2)6-5-11-21-18-17(15-9-7-14(3)8-10-15)22-19-25(18)23-20(28-19)24(4)12-16(26)27/h7-10,13,21H,5-6,11-12H2,1-4H3,(H,26,27). The number of likely N-dealkylation sites (N-methyl/N-ethyl adjacent to an activating group) is 1. The van der Waals surface area contributed by atoms with Crippen LogP contribution in [-0.4, -0.2) is 45.8 Å². The fourth-order valence-electron chi connectivity index (χ4n) is 2.95. The predicted molar refractivity (Wildman–Crippen MR) is 115 cm³/mol. The predicted octanol–water partition coefficient (Wildman–Crippen LogP) is 4.14. The molecule has 0 bridgehead atoms. The van der Waals surface area contributed by atoms with Gasteiger partial charge in [-0.3, -0.25) is 4.79 Å². The lowest BCUT2D eigenvalue weighted by molar-refractivity contribution is -0.135. The van der Waals surface area contributed by atoms with Gasteiger partial charge in [0.2, 0.25) is 10.1 Å². The summed E-state index contributed by atoms with van der Waals surface area (Å²) in [6, 6.07) is 8.28. The van der Waals surface area contributed by atoms with Crippen molar-refractivity contribution in [3.63, 3.8) is 0 Å². The minimum Gasteiger partial charge on any atom is -0.480 e. The average Bonchev–Trinajstić information content (AvgIpc) is 3.17. The van der Waals surface area contributed by atoms with Crippen LogP contribution < -0.4 is 10.2 Å². The molecule has 0 spiro atoms. The molecule has 0 aliphatic rings. The van der Waals surface area contributed by atoms with E-state index in [4.69, 9.17) is 10.1 Å². The highest BCUT2D eigenvalue weighted by atomic mass is 32.1. The maximum Gasteiger partial charge on any atom is 0.323 e. The van der Waals surface area contributed by atoms with Gasteiger partial charge in [-0.1, -0.05) is 55.0 Å². The van der Waals surface area contributed by atoms with Crippen LogP contribution in [0, 0.1) is 12.8 Å². The Morgan fingerprint density at radius 1 is 1.32 bits per heavy atom. The first kappa shape index (κ1) is 20.1. The number of benzene rings is 1. The zero-order valence-electron chi connectivity index (χ0n) is 16.8. The SMILES string of the molecule is Cc1ccc(-c2nc3sc(N(C)CC(=O)O)nn3c2NCCCC(C)C)cc1. The summed E-state index contributed by atoms with van der Waals surface area (Å²) in [6.45, 7) is 7.24. The summed E-state index contributed by atoms with van der Waals surface area (Å²) in [5.41, 5.74) is 3.11. The first-order valence-electron chi connectivity index (χ1n) is 9.48. The maximum atomic E-state index is 11.0. The molecule has 0 fully saturated rings. The Kier molecular flexibility index (Phi) is 6.18. The molecule has 0 saturated carbocycles. The van der Waals surface area contributed by atoms with Crippen molar-refractivity contribution in [2.45, 2.75) is 33.6 Å². The number of carbonyl (C=O) groups is 1. The fourth-order valence-corrected chi connectivity index (χ4v) is 3.81. The average molecular weight is 402 g/mol. The third-order valence-electron chi connectivity index (χ3n) is 4.47. The van der Waals surface area contributed by atoms with Crippen LogP contribution in [-0.2, 0) is 4.79 Å². The Morgan fingerprint density at radius 2 is 2.04 bits per heavy atom. The van der Waals surface area contributed by atoms with Gasteiger partial charge in [-0.15, -0.1) is 5.10 Å². The largest absolute Gasteiger partial charge is 0.480 e. The van der Waals surface area contributed by atoms with Crippen LogP contribution >= 0.6 is 11.3 Å². The number of aromatic nitrogens is 3. The molecule has 0 amide bonds. The smallest absolute Gasteiger partial charge is 0.323 e. The van der Waals surface area contributed by atoms with Gasteiger partial charge in [-0.2, -0.15) is 4.52 Å². The number of rotatable bonds is 9. The van der Waals surface area contributed by atoms with Crippen molar-refractivity contribution in [1.29, 1.82) is 0 Å². The van der Waals surface area contributed by atoms with Gasteiger partial charge in [0.25, 0.3) is 0 Å². The number of fused-ring (bicyclic) bond motifs is 1. The number of nitrogens with zero attached hydrogens (tertiary/aromatic N) is 4. The Morgan fingerprint density at radius 3 is 2.68 bits per heavy atom. The number of aryl methyl sites for hydroxylation is 1. The van der Waals surface area contributed by atoms with E-state index in [9.17, 15) is 4.79 Å². The third kappa shape index (κ3) is 4.62. The van der Waals surface area contributed by atoms with E-state index >= 15 is 0 Å². The van der Waals surface area contributed by atoms with Gasteiger partial charge in [0, 0.05) is 19.2 Å². The second-order valence-corrected chi connectivity index (χ2v) is 8.40. The van der Waals surface area contributed by atoms with E-state index in [1.807, 2.05) is 0 Å². The lowest BCUT2D eigenvalue weighted by atomic mass is 10.1. The molecule has 7 nitrogen and oxygen atoms in total. The maximum absolute atomic E-state index is 11.0.